The van der Waals surface area contributed by atoms with Crippen molar-refractivity contribution in [2.45, 2.75) is 55.4 Å². The SMILES string of the molecule is CCC1(CC)CC(NC(=O)c2ccccc2SCc2ccccc2)c2ccccc2O1. The van der Waals surface area contributed by atoms with Gasteiger partial charge in [-0.05, 0) is 36.6 Å². The van der Waals surface area contributed by atoms with Crippen molar-refractivity contribution in [1.29, 1.82) is 0 Å². The van der Waals surface area contributed by atoms with Crippen molar-refractivity contribution in [1.82, 2.24) is 5.32 Å². The second kappa shape index (κ2) is 9.61. The summed E-state index contributed by atoms with van der Waals surface area (Å²) in [6.07, 6.45) is 2.60. The van der Waals surface area contributed by atoms with Gasteiger partial charge >= 0.3 is 0 Å². The number of thioether (sulfide) groups is 1. The van der Waals surface area contributed by atoms with Gasteiger partial charge in [0.05, 0.1) is 11.6 Å². The minimum Gasteiger partial charge on any atom is -0.487 e. The van der Waals surface area contributed by atoms with E-state index >= 15 is 0 Å². The van der Waals surface area contributed by atoms with Crippen molar-refractivity contribution >= 4 is 17.7 Å². The molecule has 1 amide bonds. The molecular weight excluding hydrogens is 402 g/mol. The molecule has 0 saturated carbocycles. The largest absolute Gasteiger partial charge is 0.487 e. The summed E-state index contributed by atoms with van der Waals surface area (Å²) in [6.45, 7) is 4.32. The molecule has 31 heavy (non-hydrogen) atoms. The van der Waals surface area contributed by atoms with Crippen molar-refractivity contribution in [2.24, 2.45) is 0 Å². The number of carbonyl (C=O) groups is 1. The fraction of sp³-hybridized carbons (Fsp3) is 0.296. The van der Waals surface area contributed by atoms with Crippen LogP contribution in [0.2, 0.25) is 0 Å². The first-order valence-corrected chi connectivity index (χ1v) is 12.0. The Labute approximate surface area is 189 Å². The fourth-order valence-electron chi connectivity index (χ4n) is 4.18. The van der Waals surface area contributed by atoms with Gasteiger partial charge in [0.25, 0.3) is 5.91 Å². The van der Waals surface area contributed by atoms with Crippen LogP contribution in [0, 0.1) is 0 Å². The van der Waals surface area contributed by atoms with Crippen LogP contribution in [-0.4, -0.2) is 11.5 Å². The number of hydrogen-bond acceptors (Lipinski definition) is 3. The summed E-state index contributed by atoms with van der Waals surface area (Å²) >= 11 is 1.70. The third-order valence-corrected chi connectivity index (χ3v) is 7.30. The van der Waals surface area contributed by atoms with Gasteiger partial charge in [-0.15, -0.1) is 11.8 Å². The predicted octanol–water partition coefficient (Wildman–Crippen LogP) is 6.79. The maximum Gasteiger partial charge on any atom is 0.252 e. The first-order valence-electron chi connectivity index (χ1n) is 11.0. The maximum absolute atomic E-state index is 13.4. The van der Waals surface area contributed by atoms with Crippen LogP contribution in [0.4, 0.5) is 0 Å². The Morgan fingerprint density at radius 2 is 1.65 bits per heavy atom. The second-order valence-corrected chi connectivity index (χ2v) is 9.05. The van der Waals surface area contributed by atoms with Gasteiger partial charge in [0, 0.05) is 22.6 Å². The van der Waals surface area contributed by atoms with Crippen LogP contribution in [0.15, 0.2) is 83.8 Å². The quantitative estimate of drug-likeness (QED) is 0.419. The molecule has 1 N–H and O–H groups in total. The minimum atomic E-state index is -0.242. The van der Waals surface area contributed by atoms with Gasteiger partial charge in [-0.25, -0.2) is 0 Å². The number of hydrogen-bond donors (Lipinski definition) is 1. The highest BCUT2D eigenvalue weighted by atomic mass is 32.2. The molecule has 0 radical (unpaired) electrons. The lowest BCUT2D eigenvalue weighted by molar-refractivity contribution is 0.0227. The fourth-order valence-corrected chi connectivity index (χ4v) is 5.19. The molecule has 0 aromatic heterocycles. The van der Waals surface area contributed by atoms with E-state index in [0.717, 1.165) is 46.8 Å². The Kier molecular flexibility index (Phi) is 6.67. The number of fused-ring (bicyclic) bond motifs is 1. The standard InChI is InChI=1S/C27H29NO2S/c1-3-27(4-2)18-23(21-14-8-10-16-24(21)30-27)28-26(29)22-15-9-11-17-25(22)31-19-20-12-6-5-7-13-20/h5-17,23H,3-4,18-19H2,1-2H3,(H,28,29). The molecule has 1 aliphatic rings. The monoisotopic (exact) mass is 431 g/mol. The first kappa shape index (κ1) is 21.5. The Balaban J connectivity index is 1.55. The molecule has 1 unspecified atom stereocenters. The van der Waals surface area contributed by atoms with E-state index in [0.29, 0.717) is 0 Å². The van der Waals surface area contributed by atoms with E-state index in [9.17, 15) is 4.79 Å². The first-order chi connectivity index (χ1) is 15.1. The molecule has 4 rings (SSSR count). The molecule has 0 saturated heterocycles. The van der Waals surface area contributed by atoms with E-state index in [4.69, 9.17) is 4.74 Å². The van der Waals surface area contributed by atoms with Crippen molar-refractivity contribution < 1.29 is 9.53 Å². The topological polar surface area (TPSA) is 38.3 Å². The van der Waals surface area contributed by atoms with Crippen LogP contribution in [0.5, 0.6) is 5.75 Å². The summed E-state index contributed by atoms with van der Waals surface area (Å²) in [4.78, 5) is 14.4. The number of carbonyl (C=O) groups excluding carboxylic acids is 1. The summed E-state index contributed by atoms with van der Waals surface area (Å²) in [5.41, 5.74) is 2.79. The van der Waals surface area contributed by atoms with Crippen LogP contribution >= 0.6 is 11.8 Å². The zero-order valence-corrected chi connectivity index (χ0v) is 19.0. The second-order valence-electron chi connectivity index (χ2n) is 8.03. The molecule has 3 nitrogen and oxygen atoms in total. The van der Waals surface area contributed by atoms with Crippen molar-refractivity contribution in [3.05, 3.63) is 95.6 Å². The minimum absolute atomic E-state index is 0.0287. The highest BCUT2D eigenvalue weighted by Gasteiger charge is 2.39. The predicted molar refractivity (Wildman–Crippen MR) is 128 cm³/mol. The zero-order chi connectivity index (χ0) is 21.7. The summed E-state index contributed by atoms with van der Waals surface area (Å²) in [5, 5.41) is 3.32. The Hall–Kier alpha value is -2.72. The third-order valence-electron chi connectivity index (χ3n) is 6.16. The molecule has 0 fully saturated rings. The van der Waals surface area contributed by atoms with E-state index in [1.807, 2.05) is 60.7 Å². The van der Waals surface area contributed by atoms with Gasteiger partial charge in [-0.2, -0.15) is 0 Å². The smallest absolute Gasteiger partial charge is 0.252 e. The van der Waals surface area contributed by atoms with Crippen LogP contribution in [0.1, 0.15) is 60.6 Å². The lowest BCUT2D eigenvalue weighted by Crippen LogP contribution is -2.44. The van der Waals surface area contributed by atoms with Crippen LogP contribution in [-0.2, 0) is 5.75 Å². The van der Waals surface area contributed by atoms with Gasteiger partial charge in [0.2, 0.25) is 0 Å². The number of para-hydroxylation sites is 1. The Morgan fingerprint density at radius 3 is 2.42 bits per heavy atom. The highest BCUT2D eigenvalue weighted by molar-refractivity contribution is 7.98. The molecule has 0 spiro atoms. The van der Waals surface area contributed by atoms with Crippen molar-refractivity contribution in [2.75, 3.05) is 0 Å². The summed E-state index contributed by atoms with van der Waals surface area (Å²) in [6, 6.07) is 26.2. The van der Waals surface area contributed by atoms with Crippen molar-refractivity contribution in [3.8, 4) is 5.75 Å². The number of nitrogens with one attached hydrogen (secondary N) is 1. The average Bonchev–Trinajstić information content (AvgIpc) is 2.83. The van der Waals surface area contributed by atoms with Gasteiger partial charge in [-0.3, -0.25) is 4.79 Å². The van der Waals surface area contributed by atoms with E-state index in [2.05, 4.69) is 37.4 Å². The summed E-state index contributed by atoms with van der Waals surface area (Å²) in [5.74, 6) is 1.69. The number of ether oxygens (including phenoxy) is 1. The van der Waals surface area contributed by atoms with Gasteiger partial charge < -0.3 is 10.1 Å². The summed E-state index contributed by atoms with van der Waals surface area (Å²) < 4.78 is 6.39. The molecule has 1 atom stereocenters. The molecule has 4 heteroatoms. The van der Waals surface area contributed by atoms with E-state index in [1.165, 1.54) is 5.56 Å². The number of amides is 1. The maximum atomic E-state index is 13.4. The van der Waals surface area contributed by atoms with Gasteiger partial charge in [-0.1, -0.05) is 74.5 Å². The number of benzene rings is 3. The summed E-state index contributed by atoms with van der Waals surface area (Å²) in [7, 11) is 0. The molecule has 160 valence electrons. The molecule has 0 aliphatic carbocycles. The van der Waals surface area contributed by atoms with Crippen molar-refractivity contribution in [3.63, 3.8) is 0 Å². The normalized spacial score (nSPS) is 16.8. The number of rotatable bonds is 7. The van der Waals surface area contributed by atoms with E-state index < -0.39 is 0 Å². The Bertz CT molecular complexity index is 1030. The van der Waals surface area contributed by atoms with E-state index in [-0.39, 0.29) is 17.6 Å². The molecule has 0 bridgehead atoms. The van der Waals surface area contributed by atoms with Crippen LogP contribution in [0.3, 0.4) is 0 Å². The van der Waals surface area contributed by atoms with Gasteiger partial charge in [0.15, 0.2) is 0 Å². The Morgan fingerprint density at radius 1 is 0.968 bits per heavy atom. The molecule has 1 heterocycles. The van der Waals surface area contributed by atoms with Crippen LogP contribution in [0.25, 0.3) is 0 Å². The van der Waals surface area contributed by atoms with E-state index in [1.54, 1.807) is 11.8 Å². The highest BCUT2D eigenvalue weighted by Crippen LogP contribution is 2.42. The molecular formula is C27H29NO2S. The van der Waals surface area contributed by atoms with Crippen LogP contribution < -0.4 is 10.1 Å². The molecule has 3 aromatic carbocycles. The average molecular weight is 432 g/mol. The molecule has 3 aromatic rings. The lowest BCUT2D eigenvalue weighted by Gasteiger charge is -2.41. The zero-order valence-electron chi connectivity index (χ0n) is 18.1. The third kappa shape index (κ3) is 4.80. The molecule has 1 aliphatic heterocycles. The lowest BCUT2D eigenvalue weighted by atomic mass is 9.83. The van der Waals surface area contributed by atoms with Gasteiger partial charge in [0.1, 0.15) is 11.4 Å².